The minimum Gasteiger partial charge on any atom is -0.490 e. The summed E-state index contributed by atoms with van der Waals surface area (Å²) in [5.41, 5.74) is 5.95. The zero-order valence-corrected chi connectivity index (χ0v) is 20.4. The van der Waals surface area contributed by atoms with Gasteiger partial charge in [0.2, 0.25) is 0 Å². The summed E-state index contributed by atoms with van der Waals surface area (Å²) >= 11 is 0. The Morgan fingerprint density at radius 1 is 0.618 bits per heavy atom. The van der Waals surface area contributed by atoms with Crippen LogP contribution < -0.4 is 9.47 Å². The summed E-state index contributed by atoms with van der Waals surface area (Å²) in [5.74, 6) is 1.56. The highest BCUT2D eigenvalue weighted by molar-refractivity contribution is 6.14. The van der Waals surface area contributed by atoms with E-state index in [2.05, 4.69) is 50.2 Å². The second-order valence-corrected chi connectivity index (χ2v) is 9.24. The van der Waals surface area contributed by atoms with E-state index in [-0.39, 0.29) is 0 Å². The molecule has 0 atom stereocenters. The molecule has 5 rings (SSSR count). The lowest BCUT2D eigenvalue weighted by atomic mass is 10.0. The van der Waals surface area contributed by atoms with Gasteiger partial charge in [-0.05, 0) is 18.2 Å². The van der Waals surface area contributed by atoms with Gasteiger partial charge in [-0.3, -0.25) is 0 Å². The average molecular weight is 455 g/mol. The van der Waals surface area contributed by atoms with Crippen molar-refractivity contribution >= 4 is 21.8 Å². The number of nitrogens with zero attached hydrogens (tertiary/aromatic N) is 2. The Balaban J connectivity index is 1.49. The molecule has 0 unspecified atom stereocenters. The lowest BCUT2D eigenvalue weighted by Gasteiger charge is -2.14. The summed E-state index contributed by atoms with van der Waals surface area (Å²) in [7, 11) is 0. The van der Waals surface area contributed by atoms with Crippen LogP contribution in [-0.2, 0) is 0 Å². The average Bonchev–Trinajstić information content (AvgIpc) is 3.17. The van der Waals surface area contributed by atoms with Crippen molar-refractivity contribution in [3.63, 3.8) is 0 Å². The van der Waals surface area contributed by atoms with Crippen molar-refractivity contribution < 1.29 is 9.47 Å². The fourth-order valence-corrected chi connectivity index (χ4v) is 4.82. The van der Waals surface area contributed by atoms with Crippen molar-refractivity contribution in [1.29, 1.82) is 0 Å². The van der Waals surface area contributed by atoms with Crippen LogP contribution in [0.4, 0.5) is 0 Å². The van der Waals surface area contributed by atoms with Crippen LogP contribution in [0.5, 0.6) is 11.5 Å². The molecule has 3 aromatic carbocycles. The van der Waals surface area contributed by atoms with Crippen LogP contribution in [0.25, 0.3) is 44.3 Å². The maximum absolute atomic E-state index is 6.22. The lowest BCUT2D eigenvalue weighted by Crippen LogP contribution is -2.04. The second kappa shape index (κ2) is 10.4. The number of hydrogen-bond donors (Lipinski definition) is 0. The molecular formula is C30H34N2O2. The third kappa shape index (κ3) is 4.46. The maximum Gasteiger partial charge on any atom is 0.163 e. The Labute approximate surface area is 202 Å². The van der Waals surface area contributed by atoms with Crippen LogP contribution in [-0.4, -0.2) is 23.2 Å². The van der Waals surface area contributed by atoms with E-state index in [9.17, 15) is 0 Å². The number of aromatic nitrogens is 2. The van der Waals surface area contributed by atoms with Gasteiger partial charge in [0.15, 0.2) is 11.5 Å². The van der Waals surface area contributed by atoms with Crippen LogP contribution in [0.1, 0.15) is 65.2 Å². The number of fused-ring (bicyclic) bond motifs is 4. The lowest BCUT2D eigenvalue weighted by molar-refractivity contribution is 0.259. The van der Waals surface area contributed by atoms with Gasteiger partial charge in [0.05, 0.1) is 35.6 Å². The van der Waals surface area contributed by atoms with Gasteiger partial charge < -0.3 is 9.47 Å². The molecule has 0 bridgehead atoms. The Morgan fingerprint density at radius 2 is 1.12 bits per heavy atom. The molecule has 4 heteroatoms. The molecule has 4 aromatic rings. The molecule has 4 nitrogen and oxygen atoms in total. The first kappa shape index (κ1) is 22.6. The topological polar surface area (TPSA) is 44.2 Å². The van der Waals surface area contributed by atoms with Gasteiger partial charge in [-0.2, -0.15) is 0 Å². The van der Waals surface area contributed by atoms with E-state index < -0.39 is 0 Å². The van der Waals surface area contributed by atoms with E-state index >= 15 is 0 Å². The minimum atomic E-state index is 0.695. The van der Waals surface area contributed by atoms with E-state index in [4.69, 9.17) is 19.4 Å². The van der Waals surface area contributed by atoms with E-state index in [1.54, 1.807) is 0 Å². The summed E-state index contributed by atoms with van der Waals surface area (Å²) in [6.45, 7) is 5.84. The van der Waals surface area contributed by atoms with E-state index in [0.717, 1.165) is 57.9 Å². The molecule has 0 saturated heterocycles. The SMILES string of the molecule is CCCCCCOc1cc2nc3c(nc2cc1OCCCCCC)-c1cccc2cccc-3c12. The zero-order chi connectivity index (χ0) is 23.3. The second-order valence-electron chi connectivity index (χ2n) is 9.24. The Kier molecular flexibility index (Phi) is 6.94. The third-order valence-corrected chi connectivity index (χ3v) is 6.66. The van der Waals surface area contributed by atoms with Gasteiger partial charge in [0.1, 0.15) is 0 Å². The van der Waals surface area contributed by atoms with Crippen LogP contribution in [0.3, 0.4) is 0 Å². The van der Waals surface area contributed by atoms with Gasteiger partial charge in [0, 0.05) is 28.6 Å². The molecule has 1 heterocycles. The van der Waals surface area contributed by atoms with Gasteiger partial charge in [0.25, 0.3) is 0 Å². The van der Waals surface area contributed by atoms with Crippen molar-refractivity contribution in [2.75, 3.05) is 13.2 Å². The molecule has 0 N–H and O–H groups in total. The quantitative estimate of drug-likeness (QED) is 0.178. The Hall–Kier alpha value is -3.14. The first-order chi connectivity index (χ1) is 16.8. The predicted octanol–water partition coefficient (Wildman–Crippen LogP) is 8.35. The highest BCUT2D eigenvalue weighted by Gasteiger charge is 2.25. The van der Waals surface area contributed by atoms with Gasteiger partial charge >= 0.3 is 0 Å². The summed E-state index contributed by atoms with van der Waals surface area (Å²) in [6.07, 6.45) is 9.40. The molecule has 1 aliphatic rings. The molecule has 1 aliphatic carbocycles. The molecule has 0 aliphatic heterocycles. The van der Waals surface area contributed by atoms with Crippen molar-refractivity contribution in [3.8, 4) is 34.0 Å². The highest BCUT2D eigenvalue weighted by Crippen LogP contribution is 2.46. The van der Waals surface area contributed by atoms with Crippen LogP contribution in [0, 0.1) is 0 Å². The molecule has 1 aromatic heterocycles. The molecular weight excluding hydrogens is 420 g/mol. The molecule has 0 spiro atoms. The molecule has 34 heavy (non-hydrogen) atoms. The van der Waals surface area contributed by atoms with Gasteiger partial charge in [-0.15, -0.1) is 0 Å². The predicted molar refractivity (Wildman–Crippen MR) is 141 cm³/mol. The number of ether oxygens (including phenoxy) is 2. The molecule has 0 saturated carbocycles. The fraction of sp³-hybridized carbons (Fsp3) is 0.400. The Morgan fingerprint density at radius 3 is 1.59 bits per heavy atom. The first-order valence-electron chi connectivity index (χ1n) is 12.9. The van der Waals surface area contributed by atoms with Crippen LogP contribution in [0.2, 0.25) is 0 Å². The van der Waals surface area contributed by atoms with E-state index in [1.807, 2.05) is 12.1 Å². The van der Waals surface area contributed by atoms with Crippen molar-refractivity contribution in [3.05, 3.63) is 48.5 Å². The normalized spacial score (nSPS) is 11.8. The summed E-state index contributed by atoms with van der Waals surface area (Å²) in [5, 5.41) is 2.47. The fourth-order valence-electron chi connectivity index (χ4n) is 4.82. The number of unbranched alkanes of at least 4 members (excludes halogenated alkanes) is 6. The maximum atomic E-state index is 6.22. The van der Waals surface area contributed by atoms with E-state index in [1.165, 1.54) is 49.3 Å². The van der Waals surface area contributed by atoms with Crippen LogP contribution >= 0.6 is 0 Å². The summed E-state index contributed by atoms with van der Waals surface area (Å²) in [4.78, 5) is 10.2. The smallest absolute Gasteiger partial charge is 0.163 e. The van der Waals surface area contributed by atoms with Crippen molar-refractivity contribution in [2.45, 2.75) is 65.2 Å². The van der Waals surface area contributed by atoms with Crippen molar-refractivity contribution in [2.24, 2.45) is 0 Å². The molecule has 176 valence electrons. The number of benzene rings is 3. The largest absolute Gasteiger partial charge is 0.490 e. The molecule has 0 fully saturated rings. The minimum absolute atomic E-state index is 0.695. The molecule has 0 amide bonds. The van der Waals surface area contributed by atoms with E-state index in [0.29, 0.717) is 13.2 Å². The highest BCUT2D eigenvalue weighted by atomic mass is 16.5. The third-order valence-electron chi connectivity index (χ3n) is 6.66. The van der Waals surface area contributed by atoms with Crippen molar-refractivity contribution in [1.82, 2.24) is 9.97 Å². The Bertz CT molecular complexity index is 1200. The zero-order valence-electron chi connectivity index (χ0n) is 20.4. The summed E-state index contributed by atoms with van der Waals surface area (Å²) < 4.78 is 12.4. The van der Waals surface area contributed by atoms with Crippen LogP contribution in [0.15, 0.2) is 48.5 Å². The standard InChI is InChI=1S/C30H34N2O2/c1-3-5-7-9-17-33-26-19-24-25(20-27(26)34-18-10-8-6-4-2)32-30-23-16-12-14-21-13-11-15-22(28(21)23)29(30)31-24/h11-16,19-20H,3-10,17-18H2,1-2H3. The van der Waals surface area contributed by atoms with Gasteiger partial charge in [-0.1, -0.05) is 88.8 Å². The monoisotopic (exact) mass is 454 g/mol. The first-order valence-corrected chi connectivity index (χ1v) is 12.9. The molecule has 0 radical (unpaired) electrons. The number of rotatable bonds is 12. The summed E-state index contributed by atoms with van der Waals surface area (Å²) in [6, 6.07) is 16.9. The number of hydrogen-bond acceptors (Lipinski definition) is 4. The van der Waals surface area contributed by atoms with Gasteiger partial charge in [-0.25, -0.2) is 9.97 Å².